The van der Waals surface area contributed by atoms with Crippen molar-refractivity contribution < 1.29 is 17.1 Å². The molecule has 0 fully saturated rings. The van der Waals surface area contributed by atoms with Gasteiger partial charge in [0.1, 0.15) is 0 Å². The van der Waals surface area contributed by atoms with Gasteiger partial charge in [0.15, 0.2) is 0 Å². The van der Waals surface area contributed by atoms with Crippen LogP contribution in [-0.2, 0) is 17.1 Å². The zero-order valence-electron chi connectivity index (χ0n) is 8.53. The van der Waals surface area contributed by atoms with Gasteiger partial charge in [-0.05, 0) is 20.1 Å². The molecular formula is C10H2Cl8Fe-2. The van der Waals surface area contributed by atoms with E-state index in [0.717, 1.165) is 0 Å². The molecule has 108 valence electrons. The minimum absolute atomic E-state index is 0. The van der Waals surface area contributed by atoms with Gasteiger partial charge in [0.25, 0.3) is 0 Å². The zero-order chi connectivity index (χ0) is 14.0. The number of halogens is 8. The summed E-state index contributed by atoms with van der Waals surface area (Å²) in [6.45, 7) is 0. The van der Waals surface area contributed by atoms with E-state index >= 15 is 0 Å². The normalized spacial score (nSPS) is 9.68. The molecule has 2 rings (SSSR count). The molecule has 0 radical (unpaired) electrons. The molecule has 0 spiro atoms. The Hall–Kier alpha value is 1.54. The molecule has 0 saturated heterocycles. The molecule has 0 atom stereocenters. The first kappa shape index (κ1) is 20.5. The predicted octanol–water partition coefficient (Wildman–Crippen LogP) is 8.04. The van der Waals surface area contributed by atoms with Crippen molar-refractivity contribution in [3.63, 3.8) is 0 Å². The second-order valence-corrected chi connectivity index (χ2v) is 6.08. The fourth-order valence-corrected chi connectivity index (χ4v) is 2.64. The van der Waals surface area contributed by atoms with Crippen LogP contribution in [0.4, 0.5) is 0 Å². The molecule has 0 heterocycles. The van der Waals surface area contributed by atoms with E-state index in [1.807, 2.05) is 0 Å². The molecule has 9 heteroatoms. The van der Waals surface area contributed by atoms with Crippen LogP contribution in [0.2, 0.25) is 40.2 Å². The molecule has 0 saturated carbocycles. The molecule has 0 amide bonds. The molecule has 2 aromatic rings. The van der Waals surface area contributed by atoms with E-state index in [2.05, 4.69) is 0 Å². The molecule has 2 aromatic carbocycles. The Kier molecular flexibility index (Phi) is 9.57. The largest absolute Gasteiger partial charge is 0.178 e. The summed E-state index contributed by atoms with van der Waals surface area (Å²) in [5.41, 5.74) is 0. The Morgan fingerprint density at radius 1 is 0.632 bits per heavy atom. The summed E-state index contributed by atoms with van der Waals surface area (Å²) in [4.78, 5) is 0. The summed E-state index contributed by atoms with van der Waals surface area (Å²) in [6, 6.07) is 3.02. The SMILES string of the molecule is Clc1cc(Cl)[c-](Cl)c1Cl.Clc1cc(Cl)[c-](Cl)c1Cl.[Fe]. The third-order valence-corrected chi connectivity index (χ3v) is 5.07. The average Bonchev–Trinajstić information content (AvgIpc) is 2.66. The van der Waals surface area contributed by atoms with Gasteiger partial charge in [0.2, 0.25) is 0 Å². The van der Waals surface area contributed by atoms with Crippen LogP contribution < -0.4 is 0 Å². The molecule has 0 N–H and O–H groups in total. The van der Waals surface area contributed by atoms with Crippen molar-refractivity contribution in [1.82, 2.24) is 0 Å². The van der Waals surface area contributed by atoms with Crippen LogP contribution in [0, 0.1) is 0 Å². The van der Waals surface area contributed by atoms with Crippen molar-refractivity contribution in [2.24, 2.45) is 0 Å². The predicted molar refractivity (Wildman–Crippen MR) is 84.1 cm³/mol. The fraction of sp³-hybridized carbons (Fsp3) is 0. The summed E-state index contributed by atoms with van der Waals surface area (Å²) < 4.78 is 0. The van der Waals surface area contributed by atoms with Gasteiger partial charge in [-0.25, -0.2) is 0 Å². The molecule has 0 bridgehead atoms. The third kappa shape index (κ3) is 5.34. The van der Waals surface area contributed by atoms with Crippen LogP contribution in [-0.4, -0.2) is 0 Å². The van der Waals surface area contributed by atoms with E-state index < -0.39 is 0 Å². The molecule has 0 aromatic heterocycles. The van der Waals surface area contributed by atoms with Crippen LogP contribution in [0.1, 0.15) is 0 Å². The Morgan fingerprint density at radius 3 is 0.947 bits per heavy atom. The first-order valence-corrected chi connectivity index (χ1v) is 7.19. The van der Waals surface area contributed by atoms with E-state index in [4.69, 9.17) is 92.8 Å². The summed E-state index contributed by atoms with van der Waals surface area (Å²) in [6.07, 6.45) is 0. The summed E-state index contributed by atoms with van der Waals surface area (Å²) in [7, 11) is 0. The number of hydrogen-bond donors (Lipinski definition) is 0. The van der Waals surface area contributed by atoms with E-state index in [1.54, 1.807) is 0 Å². The van der Waals surface area contributed by atoms with Gasteiger partial charge in [0, 0.05) is 17.1 Å². The quantitative estimate of drug-likeness (QED) is 0.275. The van der Waals surface area contributed by atoms with Gasteiger partial charge < -0.3 is 0 Å². The molecule has 0 aliphatic heterocycles. The topological polar surface area (TPSA) is 0 Å². The van der Waals surface area contributed by atoms with Gasteiger partial charge in [0.05, 0.1) is 0 Å². The van der Waals surface area contributed by atoms with Crippen molar-refractivity contribution in [3.8, 4) is 0 Å². The minimum Gasteiger partial charge on any atom is -0.178 e. The third-order valence-electron chi connectivity index (χ3n) is 1.73. The molecule has 0 nitrogen and oxygen atoms in total. The van der Waals surface area contributed by atoms with Gasteiger partial charge in [-0.15, -0.1) is 46.4 Å². The van der Waals surface area contributed by atoms with Gasteiger partial charge in [-0.1, -0.05) is 20.1 Å². The molecule has 0 aliphatic rings. The Morgan fingerprint density at radius 2 is 0.895 bits per heavy atom. The van der Waals surface area contributed by atoms with Crippen molar-refractivity contribution in [3.05, 3.63) is 52.3 Å². The van der Waals surface area contributed by atoms with Gasteiger partial charge >= 0.3 is 0 Å². The van der Waals surface area contributed by atoms with Crippen LogP contribution >= 0.6 is 92.8 Å². The van der Waals surface area contributed by atoms with Gasteiger partial charge in [-0.2, -0.15) is 58.5 Å². The van der Waals surface area contributed by atoms with Crippen LogP contribution in [0.25, 0.3) is 0 Å². The minimum atomic E-state index is 0. The monoisotopic (exact) mass is 458 g/mol. The fourth-order valence-electron chi connectivity index (χ4n) is 0.895. The molecule has 0 aliphatic carbocycles. The zero-order valence-corrected chi connectivity index (χ0v) is 15.7. The number of hydrogen-bond acceptors (Lipinski definition) is 0. The van der Waals surface area contributed by atoms with E-state index in [1.165, 1.54) is 12.1 Å². The van der Waals surface area contributed by atoms with Crippen molar-refractivity contribution in [2.45, 2.75) is 0 Å². The summed E-state index contributed by atoms with van der Waals surface area (Å²) in [5.74, 6) is 0. The Balaban J connectivity index is 0.000000324. The Bertz CT molecular complexity index is 461. The second-order valence-electron chi connectivity index (χ2n) is 2.94. The maximum absolute atomic E-state index is 5.55. The Labute approximate surface area is 160 Å². The standard InChI is InChI=1S/2C5HCl4.Fe/c2*6-2-1-3(7)5(9)4(2)8;/h2*1H;/q2*-1;. The van der Waals surface area contributed by atoms with E-state index in [9.17, 15) is 0 Å². The molecule has 19 heavy (non-hydrogen) atoms. The molecular weight excluding hydrogens is 460 g/mol. The van der Waals surface area contributed by atoms with Crippen LogP contribution in [0.15, 0.2) is 12.1 Å². The van der Waals surface area contributed by atoms with E-state index in [-0.39, 0.29) is 17.1 Å². The van der Waals surface area contributed by atoms with Crippen molar-refractivity contribution >= 4 is 92.8 Å². The van der Waals surface area contributed by atoms with Gasteiger partial charge in [-0.3, -0.25) is 0 Å². The number of rotatable bonds is 0. The van der Waals surface area contributed by atoms with Crippen LogP contribution in [0.5, 0.6) is 0 Å². The maximum atomic E-state index is 5.55. The molecule has 0 unspecified atom stereocenters. The maximum Gasteiger partial charge on any atom is 0 e. The first-order chi connectivity index (χ1) is 8.25. The van der Waals surface area contributed by atoms with Crippen LogP contribution in [0.3, 0.4) is 0 Å². The second kappa shape index (κ2) is 8.86. The van der Waals surface area contributed by atoms with Crippen molar-refractivity contribution in [2.75, 3.05) is 0 Å². The average molecular weight is 462 g/mol. The smallest absolute Gasteiger partial charge is 0 e. The summed E-state index contributed by atoms with van der Waals surface area (Å²) in [5, 5.41) is 2.87. The van der Waals surface area contributed by atoms with E-state index in [0.29, 0.717) is 40.2 Å². The first-order valence-electron chi connectivity index (χ1n) is 4.17. The van der Waals surface area contributed by atoms with Crippen molar-refractivity contribution in [1.29, 1.82) is 0 Å². The summed E-state index contributed by atoms with van der Waals surface area (Å²) >= 11 is 44.3.